The number of aliphatic hydroxyl groups is 5. The van der Waals surface area contributed by atoms with Crippen LogP contribution in [0.2, 0.25) is 0 Å². The van der Waals surface area contributed by atoms with Gasteiger partial charge in [0.15, 0.2) is 0 Å². The first-order chi connectivity index (χ1) is 26.0. The molecule has 0 amide bonds. The summed E-state index contributed by atoms with van der Waals surface area (Å²) in [5.74, 6) is -0.496. The average Bonchev–Trinajstić information content (AvgIpc) is 3.15. The topological polar surface area (TPSA) is 192 Å². The van der Waals surface area contributed by atoms with Gasteiger partial charge in [-0.3, -0.25) is 13.8 Å². The summed E-state index contributed by atoms with van der Waals surface area (Å²) >= 11 is 0. The summed E-state index contributed by atoms with van der Waals surface area (Å²) in [6.07, 6.45) is 24.8. The van der Waals surface area contributed by atoms with Gasteiger partial charge in [-0.1, -0.05) is 120 Å². The summed E-state index contributed by atoms with van der Waals surface area (Å²) in [5.41, 5.74) is 0. The fraction of sp³-hybridized carbons (Fsp3) is 0.780. The number of allylic oxidation sites excluding steroid dienone is 8. The molecule has 1 rings (SSSR count). The molecular weight excluding hydrogens is 715 g/mol. The maximum Gasteiger partial charge on any atom is 0.472 e. The summed E-state index contributed by atoms with van der Waals surface area (Å²) in [7, 11) is -5.02. The molecule has 54 heavy (non-hydrogen) atoms. The highest BCUT2D eigenvalue weighted by molar-refractivity contribution is 7.47. The highest BCUT2D eigenvalue weighted by Gasteiger charge is 2.51. The van der Waals surface area contributed by atoms with Gasteiger partial charge in [0, 0.05) is 13.0 Å². The first-order valence-corrected chi connectivity index (χ1v) is 22.0. The number of carbonyl (C=O) groups is 1. The Labute approximate surface area is 325 Å². The van der Waals surface area contributed by atoms with Crippen LogP contribution >= 0.6 is 7.82 Å². The molecule has 0 aromatic rings. The summed E-state index contributed by atoms with van der Waals surface area (Å²) in [4.78, 5) is 23.0. The van der Waals surface area contributed by atoms with Gasteiger partial charge in [-0.15, -0.1) is 0 Å². The lowest BCUT2D eigenvalue weighted by atomic mass is 9.85. The zero-order chi connectivity index (χ0) is 39.9. The molecule has 1 aliphatic carbocycles. The molecule has 0 aromatic carbocycles. The van der Waals surface area contributed by atoms with E-state index in [0.29, 0.717) is 13.0 Å². The van der Waals surface area contributed by atoms with E-state index in [1.165, 1.54) is 12.8 Å². The first-order valence-electron chi connectivity index (χ1n) is 20.5. The van der Waals surface area contributed by atoms with E-state index in [1.54, 1.807) is 0 Å². The fourth-order valence-electron chi connectivity index (χ4n) is 5.88. The van der Waals surface area contributed by atoms with Gasteiger partial charge >= 0.3 is 13.8 Å². The van der Waals surface area contributed by atoms with E-state index in [0.717, 1.165) is 103 Å². The predicted molar refractivity (Wildman–Crippen MR) is 212 cm³/mol. The molecule has 0 heterocycles. The van der Waals surface area contributed by atoms with Crippen LogP contribution in [0, 0.1) is 0 Å². The van der Waals surface area contributed by atoms with Gasteiger partial charge in [0.2, 0.25) is 0 Å². The number of carbonyl (C=O) groups excluding carboxylic acids is 1. The van der Waals surface area contributed by atoms with Crippen molar-refractivity contribution in [3.63, 3.8) is 0 Å². The molecule has 0 radical (unpaired) electrons. The largest absolute Gasteiger partial charge is 0.472 e. The van der Waals surface area contributed by atoms with Crippen molar-refractivity contribution in [2.45, 2.75) is 185 Å². The lowest BCUT2D eigenvalue weighted by Gasteiger charge is -2.41. The van der Waals surface area contributed by atoms with E-state index < -0.39 is 63.1 Å². The first kappa shape index (κ1) is 50.3. The van der Waals surface area contributed by atoms with Crippen molar-refractivity contribution >= 4 is 13.8 Å². The number of phosphoric acid groups is 1. The van der Waals surface area contributed by atoms with E-state index in [4.69, 9.17) is 18.5 Å². The fourth-order valence-corrected chi connectivity index (χ4v) is 6.85. The Balaban J connectivity index is 2.46. The lowest BCUT2D eigenvalue weighted by Crippen LogP contribution is -2.64. The van der Waals surface area contributed by atoms with E-state index >= 15 is 0 Å². The van der Waals surface area contributed by atoms with Crippen molar-refractivity contribution in [1.29, 1.82) is 0 Å². The molecule has 0 bridgehead atoms. The van der Waals surface area contributed by atoms with Gasteiger partial charge < -0.3 is 39.9 Å². The smallest absolute Gasteiger partial charge is 0.457 e. The van der Waals surface area contributed by atoms with E-state index in [9.17, 15) is 39.8 Å². The highest BCUT2D eigenvalue weighted by atomic mass is 31.2. The van der Waals surface area contributed by atoms with Gasteiger partial charge in [-0.25, -0.2) is 4.57 Å². The lowest BCUT2D eigenvalue weighted by molar-refractivity contribution is -0.220. The van der Waals surface area contributed by atoms with Gasteiger partial charge in [0.1, 0.15) is 42.7 Å². The molecule has 0 spiro atoms. The zero-order valence-electron chi connectivity index (χ0n) is 33.0. The van der Waals surface area contributed by atoms with Gasteiger partial charge in [0.25, 0.3) is 0 Å². The van der Waals surface area contributed by atoms with Crippen LogP contribution in [0.5, 0.6) is 0 Å². The Kier molecular flexibility index (Phi) is 30.2. The maximum absolute atomic E-state index is 12.8. The van der Waals surface area contributed by atoms with Crippen molar-refractivity contribution in [2.24, 2.45) is 0 Å². The van der Waals surface area contributed by atoms with Crippen molar-refractivity contribution in [3.8, 4) is 0 Å². The Hall–Kier alpha value is -1.70. The Bertz CT molecular complexity index is 1080. The second-order valence-electron chi connectivity index (χ2n) is 14.1. The van der Waals surface area contributed by atoms with Crippen molar-refractivity contribution in [2.75, 3.05) is 19.8 Å². The average molecular weight is 789 g/mol. The number of rotatable bonds is 33. The van der Waals surface area contributed by atoms with Crippen molar-refractivity contribution < 1.29 is 58.3 Å². The standard InChI is InChI=1S/C41H73O12P/c1-3-5-7-9-11-13-15-16-17-18-19-21-23-25-27-29-31-50-32-34(52-35(42)30-28-26-24-22-20-14-12-10-8-6-4-2)33-51-54(48,49)53-41-39(46)37(44)36(43)38(45)40(41)47/h5,7,10-13,16-17,34,36-41,43-47H,3-4,6,8-9,14-15,18-33H2,1-2H3,(H,48,49)/b7-5-,12-10-,13-11-,17-16-. The van der Waals surface area contributed by atoms with Gasteiger partial charge in [-0.2, -0.15) is 0 Å². The summed E-state index contributed by atoms with van der Waals surface area (Å²) in [5, 5.41) is 50.0. The van der Waals surface area contributed by atoms with E-state index in [2.05, 4.69) is 62.5 Å². The number of phosphoric ester groups is 1. The minimum Gasteiger partial charge on any atom is -0.457 e. The Morgan fingerprint density at radius 2 is 1.09 bits per heavy atom. The monoisotopic (exact) mass is 788 g/mol. The molecule has 12 nitrogen and oxygen atoms in total. The Morgan fingerprint density at radius 3 is 1.69 bits per heavy atom. The van der Waals surface area contributed by atoms with Crippen LogP contribution in [-0.2, 0) is 27.9 Å². The molecule has 6 unspecified atom stereocenters. The quantitative estimate of drug-likeness (QED) is 0.0169. The van der Waals surface area contributed by atoms with Crippen LogP contribution in [0.25, 0.3) is 0 Å². The molecule has 0 aromatic heterocycles. The van der Waals surface area contributed by atoms with E-state index in [1.807, 2.05) is 0 Å². The molecule has 1 saturated carbocycles. The van der Waals surface area contributed by atoms with Crippen LogP contribution in [0.3, 0.4) is 0 Å². The molecule has 1 fully saturated rings. The zero-order valence-corrected chi connectivity index (χ0v) is 33.9. The van der Waals surface area contributed by atoms with Crippen LogP contribution in [0.4, 0.5) is 0 Å². The van der Waals surface area contributed by atoms with Gasteiger partial charge in [0.05, 0.1) is 13.2 Å². The third kappa shape index (κ3) is 24.7. The summed E-state index contributed by atoms with van der Waals surface area (Å²) in [6.45, 7) is 4.04. The molecule has 1 aliphatic rings. The summed E-state index contributed by atoms with van der Waals surface area (Å²) in [6, 6.07) is 0. The number of unbranched alkanes of at least 4 members (excludes halogenated alkanes) is 13. The molecular formula is C41H73O12P. The van der Waals surface area contributed by atoms with Crippen LogP contribution in [0.15, 0.2) is 48.6 Å². The third-order valence-electron chi connectivity index (χ3n) is 9.19. The maximum atomic E-state index is 12.8. The van der Waals surface area contributed by atoms with Crippen molar-refractivity contribution in [1.82, 2.24) is 0 Å². The molecule has 6 atom stereocenters. The molecule has 13 heteroatoms. The molecule has 0 saturated heterocycles. The Morgan fingerprint density at radius 1 is 0.611 bits per heavy atom. The summed E-state index contributed by atoms with van der Waals surface area (Å²) < 4.78 is 34.0. The second-order valence-corrected chi connectivity index (χ2v) is 15.5. The number of esters is 1. The van der Waals surface area contributed by atoms with Crippen molar-refractivity contribution in [3.05, 3.63) is 48.6 Å². The third-order valence-corrected chi connectivity index (χ3v) is 10.2. The van der Waals surface area contributed by atoms with Crippen LogP contribution in [0.1, 0.15) is 142 Å². The number of ether oxygens (including phenoxy) is 2. The molecule has 6 N–H and O–H groups in total. The van der Waals surface area contributed by atoms with E-state index in [-0.39, 0.29) is 13.0 Å². The number of hydrogen-bond acceptors (Lipinski definition) is 11. The second kappa shape index (κ2) is 32.4. The SMILES string of the molecule is CC/C=C\C/C=C\C/C=C\CCCCCCCCOCC(COP(=O)(O)OC1C(O)C(O)C(O)C(O)C1O)OC(=O)CCCCCCC/C=C\CCCC. The minimum atomic E-state index is -5.02. The predicted octanol–water partition coefficient (Wildman–Crippen LogP) is 7.30. The molecule has 314 valence electrons. The minimum absolute atomic E-state index is 0.0905. The highest BCUT2D eigenvalue weighted by Crippen LogP contribution is 2.47. The number of hydrogen-bond donors (Lipinski definition) is 6. The van der Waals surface area contributed by atoms with Gasteiger partial charge in [-0.05, 0) is 64.2 Å². The number of aliphatic hydroxyl groups excluding tert-OH is 5. The normalized spacial score (nSPS) is 23.9. The van der Waals surface area contributed by atoms with Crippen LogP contribution in [-0.4, -0.2) is 98.9 Å². The van der Waals surface area contributed by atoms with Crippen LogP contribution < -0.4 is 0 Å². The molecule has 0 aliphatic heterocycles.